The van der Waals surface area contributed by atoms with E-state index in [0.717, 1.165) is 55.6 Å². The van der Waals surface area contributed by atoms with E-state index in [1.807, 2.05) is 25.1 Å². The second-order valence-corrected chi connectivity index (χ2v) is 7.99. The lowest BCUT2D eigenvalue weighted by molar-refractivity contribution is -0.137. The maximum atomic E-state index is 13.2. The first kappa shape index (κ1) is 19.4. The fraction of sp³-hybridized carbons (Fsp3) is 0.619. The molecule has 7 nitrogen and oxygen atoms in total. The first-order chi connectivity index (χ1) is 13.7. The van der Waals surface area contributed by atoms with E-state index in [-0.39, 0.29) is 18.0 Å². The van der Waals surface area contributed by atoms with Crippen LogP contribution in [0, 0.1) is 6.92 Å². The van der Waals surface area contributed by atoms with Crippen molar-refractivity contribution >= 4 is 16.9 Å². The molecule has 0 bridgehead atoms. The van der Waals surface area contributed by atoms with Crippen LogP contribution in [0.5, 0.6) is 0 Å². The molecule has 2 aliphatic heterocycles. The number of imidazole rings is 1. The Morgan fingerprint density at radius 3 is 3.00 bits per heavy atom. The van der Waals surface area contributed by atoms with Gasteiger partial charge in [-0.05, 0) is 51.2 Å². The van der Waals surface area contributed by atoms with Crippen molar-refractivity contribution in [3.8, 4) is 0 Å². The summed E-state index contributed by atoms with van der Waals surface area (Å²) in [6, 6.07) is 8.55. The van der Waals surface area contributed by atoms with Crippen LogP contribution in [0.1, 0.15) is 37.9 Å². The summed E-state index contributed by atoms with van der Waals surface area (Å²) >= 11 is 0. The first-order valence-corrected chi connectivity index (χ1v) is 10.4. The summed E-state index contributed by atoms with van der Waals surface area (Å²) in [6.45, 7) is 4.41. The second kappa shape index (κ2) is 8.59. The van der Waals surface area contributed by atoms with Gasteiger partial charge in [-0.1, -0.05) is 12.1 Å². The van der Waals surface area contributed by atoms with Crippen molar-refractivity contribution in [2.45, 2.75) is 63.7 Å². The number of nitrogens with one attached hydrogen (secondary N) is 2. The Kier molecular flexibility index (Phi) is 5.94. The molecule has 1 aromatic carbocycles. The van der Waals surface area contributed by atoms with Gasteiger partial charge in [-0.2, -0.15) is 0 Å². The third-order valence-corrected chi connectivity index (χ3v) is 6.09. The number of para-hydroxylation sites is 2. The number of hydrogen-bond donors (Lipinski definition) is 2. The van der Waals surface area contributed by atoms with Crippen molar-refractivity contribution in [1.29, 1.82) is 0 Å². The lowest BCUT2D eigenvalue weighted by atomic mass is 9.97. The van der Waals surface area contributed by atoms with Gasteiger partial charge in [-0.3, -0.25) is 10.2 Å². The minimum Gasteiger partial charge on any atom is -0.385 e. The van der Waals surface area contributed by atoms with E-state index in [9.17, 15) is 4.79 Å². The highest BCUT2D eigenvalue weighted by atomic mass is 16.5. The average Bonchev–Trinajstić information content (AvgIpc) is 3.31. The van der Waals surface area contributed by atoms with Gasteiger partial charge in [-0.15, -0.1) is 0 Å². The van der Waals surface area contributed by atoms with E-state index >= 15 is 0 Å². The predicted molar refractivity (Wildman–Crippen MR) is 109 cm³/mol. The fourth-order valence-corrected chi connectivity index (χ4v) is 4.60. The minimum atomic E-state index is -0.164. The van der Waals surface area contributed by atoms with Gasteiger partial charge < -0.3 is 14.2 Å². The molecule has 2 aliphatic rings. The number of aryl methyl sites for hydroxylation is 1. The number of amides is 1. The molecule has 1 amide bonds. The monoisotopic (exact) mass is 385 g/mol. The molecule has 2 saturated heterocycles. The number of methoxy groups -OCH3 is 1. The number of carbonyl (C=O) groups excluding carboxylic acids is 1. The summed E-state index contributed by atoms with van der Waals surface area (Å²) < 4.78 is 7.49. The fourth-order valence-electron chi connectivity index (χ4n) is 4.60. The number of ether oxygens (including phenoxy) is 1. The smallest absolute Gasteiger partial charge is 0.241 e. The largest absolute Gasteiger partial charge is 0.385 e. The number of nitrogens with zero attached hydrogens (tertiary/aromatic N) is 3. The highest BCUT2D eigenvalue weighted by molar-refractivity contribution is 5.82. The zero-order valence-corrected chi connectivity index (χ0v) is 16.9. The zero-order valence-electron chi connectivity index (χ0n) is 16.9. The summed E-state index contributed by atoms with van der Waals surface area (Å²) in [6.07, 6.45) is 5.09. The minimum absolute atomic E-state index is 0.164. The number of benzene rings is 1. The van der Waals surface area contributed by atoms with E-state index < -0.39 is 0 Å². The second-order valence-electron chi connectivity index (χ2n) is 7.99. The van der Waals surface area contributed by atoms with Crippen LogP contribution in [0.25, 0.3) is 11.0 Å². The van der Waals surface area contributed by atoms with Crippen molar-refractivity contribution in [2.24, 2.45) is 0 Å². The number of carbonyl (C=O) groups is 1. The number of fused-ring (bicyclic) bond motifs is 1. The third kappa shape index (κ3) is 3.92. The molecule has 3 atom stereocenters. The molecular weight excluding hydrogens is 354 g/mol. The Labute approximate surface area is 166 Å². The molecule has 2 aromatic rings. The van der Waals surface area contributed by atoms with Gasteiger partial charge >= 0.3 is 0 Å². The zero-order chi connectivity index (χ0) is 19.5. The van der Waals surface area contributed by atoms with Crippen molar-refractivity contribution in [3.63, 3.8) is 0 Å². The number of piperidine rings is 1. The van der Waals surface area contributed by atoms with Crippen LogP contribution in [0.2, 0.25) is 0 Å². The molecule has 7 heteroatoms. The van der Waals surface area contributed by atoms with Crippen LogP contribution in [0.4, 0.5) is 0 Å². The average molecular weight is 386 g/mol. The lowest BCUT2D eigenvalue weighted by Crippen LogP contribution is -2.51. The number of rotatable bonds is 6. The summed E-state index contributed by atoms with van der Waals surface area (Å²) in [4.78, 5) is 19.9. The van der Waals surface area contributed by atoms with Crippen molar-refractivity contribution in [1.82, 2.24) is 25.3 Å². The van der Waals surface area contributed by atoms with E-state index in [0.29, 0.717) is 12.6 Å². The van der Waals surface area contributed by atoms with Crippen molar-refractivity contribution in [3.05, 3.63) is 30.1 Å². The maximum Gasteiger partial charge on any atom is 0.241 e. The third-order valence-electron chi connectivity index (χ3n) is 6.09. The van der Waals surface area contributed by atoms with Gasteiger partial charge in [0.1, 0.15) is 11.9 Å². The van der Waals surface area contributed by atoms with Gasteiger partial charge in [0.25, 0.3) is 0 Å². The standard InChI is InChI=1S/C21H31N5O2/c1-15-22-18-8-3-4-9-20(18)26(15)14-16-13-19(24-23-16)21(27)25-11-6-5-7-17(25)10-12-28-2/h3-4,8-9,16-17,19,23-24H,5-7,10-14H2,1-2H3. The van der Waals surface area contributed by atoms with Crippen LogP contribution in [0.3, 0.4) is 0 Å². The summed E-state index contributed by atoms with van der Waals surface area (Å²) in [5, 5.41) is 0. The molecule has 2 N–H and O–H groups in total. The number of hydrogen-bond acceptors (Lipinski definition) is 5. The summed E-state index contributed by atoms with van der Waals surface area (Å²) in [5.74, 6) is 1.23. The molecule has 28 heavy (non-hydrogen) atoms. The van der Waals surface area contributed by atoms with Gasteiger partial charge in [0.05, 0.1) is 11.0 Å². The maximum absolute atomic E-state index is 13.2. The summed E-state index contributed by atoms with van der Waals surface area (Å²) in [5.41, 5.74) is 8.77. The summed E-state index contributed by atoms with van der Waals surface area (Å²) in [7, 11) is 1.73. The van der Waals surface area contributed by atoms with Crippen molar-refractivity contribution in [2.75, 3.05) is 20.3 Å². The molecule has 1 aromatic heterocycles. The Hall–Kier alpha value is -1.96. The van der Waals surface area contributed by atoms with E-state index in [1.165, 1.54) is 6.42 Å². The normalized spacial score (nSPS) is 25.5. The molecule has 152 valence electrons. The van der Waals surface area contributed by atoms with E-state index in [1.54, 1.807) is 7.11 Å². The molecule has 0 aliphatic carbocycles. The number of likely N-dealkylation sites (tertiary alicyclic amines) is 1. The molecule has 3 unspecified atom stereocenters. The number of hydrazine groups is 1. The van der Waals surface area contributed by atoms with Crippen LogP contribution in [-0.4, -0.2) is 58.7 Å². The van der Waals surface area contributed by atoms with Crippen LogP contribution in [0.15, 0.2) is 24.3 Å². The van der Waals surface area contributed by atoms with E-state index in [4.69, 9.17) is 4.74 Å². The molecule has 2 fully saturated rings. The number of aromatic nitrogens is 2. The van der Waals surface area contributed by atoms with Gasteiger partial charge in [-0.25, -0.2) is 10.4 Å². The Bertz CT molecular complexity index is 820. The first-order valence-electron chi connectivity index (χ1n) is 10.4. The van der Waals surface area contributed by atoms with Crippen LogP contribution >= 0.6 is 0 Å². The van der Waals surface area contributed by atoms with Crippen LogP contribution in [-0.2, 0) is 16.1 Å². The van der Waals surface area contributed by atoms with Gasteiger partial charge in [0, 0.05) is 38.9 Å². The Balaban J connectivity index is 1.40. The lowest BCUT2D eigenvalue weighted by Gasteiger charge is -2.37. The molecule has 0 spiro atoms. The topological polar surface area (TPSA) is 71.4 Å². The molecular formula is C21H31N5O2. The molecule has 0 radical (unpaired) electrons. The predicted octanol–water partition coefficient (Wildman–Crippen LogP) is 2.00. The van der Waals surface area contributed by atoms with E-state index in [2.05, 4.69) is 31.4 Å². The van der Waals surface area contributed by atoms with Crippen LogP contribution < -0.4 is 10.9 Å². The van der Waals surface area contributed by atoms with Gasteiger partial charge in [0.15, 0.2) is 0 Å². The molecule has 3 heterocycles. The molecule has 4 rings (SSSR count). The highest BCUT2D eigenvalue weighted by Crippen LogP contribution is 2.23. The Morgan fingerprint density at radius 2 is 2.14 bits per heavy atom. The SMILES string of the molecule is COCCC1CCCCN1C(=O)C1CC(Cn2c(C)nc3ccccc32)NN1. The quantitative estimate of drug-likeness (QED) is 0.796. The Morgan fingerprint density at radius 1 is 1.29 bits per heavy atom. The molecule has 0 saturated carbocycles. The van der Waals surface area contributed by atoms with Gasteiger partial charge in [0.2, 0.25) is 5.91 Å². The van der Waals surface area contributed by atoms with Crippen molar-refractivity contribution < 1.29 is 9.53 Å². The highest BCUT2D eigenvalue weighted by Gasteiger charge is 2.36.